The summed E-state index contributed by atoms with van der Waals surface area (Å²) in [5.41, 5.74) is -0.638. The predicted octanol–water partition coefficient (Wildman–Crippen LogP) is 6.12. The lowest BCUT2D eigenvalue weighted by atomic mass is 9.98. The molecule has 0 aliphatic carbocycles. The van der Waals surface area contributed by atoms with Crippen molar-refractivity contribution in [1.29, 1.82) is 0 Å². The highest BCUT2D eigenvalue weighted by Gasteiger charge is 2.30. The number of amides is 1. The number of carbonyl (C=O) groups is 1. The standard InChI is InChI=1S/C25H26ClF4N3O4/c1-25(2,35)11-18(33(13-21(29)30)12-16-6-4-8-19(28)23(16)26)14-36-24(34)31-22-10-20(37-32-22)15-5-3-7-17(27)9-15/h3-10,18,21,35H,11-14H2,1-2H3,(H,31,32,34)/t18-/m0/s1. The number of carbonyl (C=O) groups excluding carboxylic acids is 1. The fourth-order valence-electron chi connectivity index (χ4n) is 3.70. The maximum Gasteiger partial charge on any atom is 0.412 e. The molecule has 3 aromatic rings. The van der Waals surface area contributed by atoms with E-state index in [1.54, 1.807) is 6.07 Å². The van der Waals surface area contributed by atoms with Crippen molar-refractivity contribution in [2.45, 2.75) is 44.9 Å². The summed E-state index contributed by atoms with van der Waals surface area (Å²) in [7, 11) is 0. The van der Waals surface area contributed by atoms with E-state index in [0.29, 0.717) is 5.56 Å². The van der Waals surface area contributed by atoms with Crippen LogP contribution in [0.2, 0.25) is 5.02 Å². The van der Waals surface area contributed by atoms with Gasteiger partial charge in [0.15, 0.2) is 11.6 Å². The molecule has 12 heteroatoms. The van der Waals surface area contributed by atoms with Crippen LogP contribution in [0.15, 0.2) is 53.1 Å². The molecule has 200 valence electrons. The van der Waals surface area contributed by atoms with Gasteiger partial charge in [-0.15, -0.1) is 0 Å². The second-order valence-corrected chi connectivity index (χ2v) is 9.39. The normalized spacial score (nSPS) is 12.7. The molecule has 0 bridgehead atoms. The molecule has 1 amide bonds. The zero-order valence-electron chi connectivity index (χ0n) is 20.1. The average molecular weight is 544 g/mol. The molecule has 0 aliphatic rings. The zero-order chi connectivity index (χ0) is 27.2. The van der Waals surface area contributed by atoms with Crippen molar-refractivity contribution in [1.82, 2.24) is 10.1 Å². The first kappa shape index (κ1) is 28.4. The highest BCUT2D eigenvalue weighted by molar-refractivity contribution is 6.31. The largest absolute Gasteiger partial charge is 0.448 e. The van der Waals surface area contributed by atoms with Crippen LogP contribution in [0, 0.1) is 11.6 Å². The Bertz CT molecular complexity index is 1200. The van der Waals surface area contributed by atoms with E-state index < -0.39 is 42.3 Å². The van der Waals surface area contributed by atoms with Crippen molar-refractivity contribution in [3.8, 4) is 11.3 Å². The summed E-state index contributed by atoms with van der Waals surface area (Å²) >= 11 is 6.01. The fourth-order valence-corrected chi connectivity index (χ4v) is 3.89. The number of hydrogen-bond donors (Lipinski definition) is 2. The van der Waals surface area contributed by atoms with Gasteiger partial charge in [-0.2, -0.15) is 0 Å². The lowest BCUT2D eigenvalue weighted by Crippen LogP contribution is -2.45. The molecule has 1 atom stereocenters. The Balaban J connectivity index is 1.71. The first-order valence-electron chi connectivity index (χ1n) is 11.2. The van der Waals surface area contributed by atoms with Gasteiger partial charge in [-0.1, -0.05) is 41.0 Å². The zero-order valence-corrected chi connectivity index (χ0v) is 20.8. The van der Waals surface area contributed by atoms with Crippen LogP contribution in [0.1, 0.15) is 25.8 Å². The minimum atomic E-state index is -2.76. The Hall–Kier alpha value is -3.15. The summed E-state index contributed by atoms with van der Waals surface area (Å²) in [6.07, 6.45) is -3.77. The molecule has 1 heterocycles. The van der Waals surface area contributed by atoms with Crippen molar-refractivity contribution in [3.63, 3.8) is 0 Å². The maximum absolute atomic E-state index is 13.9. The molecule has 0 radical (unpaired) electrons. The molecule has 2 aromatic carbocycles. The van der Waals surface area contributed by atoms with Crippen LogP contribution in [-0.4, -0.2) is 52.5 Å². The van der Waals surface area contributed by atoms with Crippen LogP contribution >= 0.6 is 11.6 Å². The lowest BCUT2D eigenvalue weighted by Gasteiger charge is -2.34. The Kier molecular flexibility index (Phi) is 9.52. The molecule has 0 saturated carbocycles. The van der Waals surface area contributed by atoms with E-state index in [0.717, 1.165) is 6.07 Å². The average Bonchev–Trinajstić information content (AvgIpc) is 3.26. The molecule has 3 rings (SSSR count). The third-order valence-electron chi connectivity index (χ3n) is 5.29. The van der Waals surface area contributed by atoms with Crippen molar-refractivity contribution in [2.75, 3.05) is 18.5 Å². The molecule has 2 N–H and O–H groups in total. The minimum Gasteiger partial charge on any atom is -0.448 e. The molecule has 0 fully saturated rings. The second-order valence-electron chi connectivity index (χ2n) is 9.01. The van der Waals surface area contributed by atoms with E-state index in [-0.39, 0.29) is 41.7 Å². The highest BCUT2D eigenvalue weighted by Crippen LogP contribution is 2.26. The van der Waals surface area contributed by atoms with Gasteiger partial charge in [0.25, 0.3) is 6.43 Å². The molecule has 7 nitrogen and oxygen atoms in total. The van der Waals surface area contributed by atoms with Gasteiger partial charge in [-0.3, -0.25) is 10.2 Å². The number of nitrogens with zero attached hydrogens (tertiary/aromatic N) is 2. The van der Waals surface area contributed by atoms with E-state index in [2.05, 4.69) is 10.5 Å². The third-order valence-corrected chi connectivity index (χ3v) is 5.71. The van der Waals surface area contributed by atoms with Crippen LogP contribution in [0.3, 0.4) is 0 Å². The first-order valence-corrected chi connectivity index (χ1v) is 11.6. The number of hydrogen-bond acceptors (Lipinski definition) is 6. The number of halogens is 5. The summed E-state index contributed by atoms with van der Waals surface area (Å²) in [5.74, 6) is -0.992. The second kappa shape index (κ2) is 12.4. The van der Waals surface area contributed by atoms with Crippen molar-refractivity contribution < 1.29 is 36.7 Å². The summed E-state index contributed by atoms with van der Waals surface area (Å²) in [6, 6.07) is 10.1. The topological polar surface area (TPSA) is 87.8 Å². The van der Waals surface area contributed by atoms with Gasteiger partial charge >= 0.3 is 6.09 Å². The SMILES string of the molecule is CC(C)(O)C[C@@H](COC(=O)Nc1cc(-c2cccc(F)c2)on1)N(Cc1cccc(F)c1Cl)CC(F)F. The molecule has 0 saturated heterocycles. The van der Waals surface area contributed by atoms with Gasteiger partial charge < -0.3 is 14.4 Å². The number of aliphatic hydroxyl groups is 1. The molecule has 37 heavy (non-hydrogen) atoms. The number of ether oxygens (including phenoxy) is 1. The number of rotatable bonds is 11. The molecular weight excluding hydrogens is 518 g/mol. The Morgan fingerprint density at radius 1 is 1.22 bits per heavy atom. The van der Waals surface area contributed by atoms with Crippen molar-refractivity contribution >= 4 is 23.5 Å². The van der Waals surface area contributed by atoms with Crippen molar-refractivity contribution in [3.05, 3.63) is 70.8 Å². The molecule has 1 aromatic heterocycles. The number of anilines is 1. The van der Waals surface area contributed by atoms with Gasteiger partial charge in [0.05, 0.1) is 17.2 Å². The quantitative estimate of drug-likeness (QED) is 0.283. The number of aromatic nitrogens is 1. The molecular formula is C25H26ClF4N3O4. The summed E-state index contributed by atoms with van der Waals surface area (Å²) in [4.78, 5) is 13.7. The number of nitrogens with one attached hydrogen (secondary N) is 1. The van der Waals surface area contributed by atoms with E-state index in [4.69, 9.17) is 20.9 Å². The smallest absolute Gasteiger partial charge is 0.412 e. The Labute approximate surface area is 216 Å². The van der Waals surface area contributed by atoms with Crippen molar-refractivity contribution in [2.24, 2.45) is 0 Å². The Morgan fingerprint density at radius 3 is 2.62 bits per heavy atom. The van der Waals surface area contributed by atoms with E-state index in [9.17, 15) is 27.5 Å². The van der Waals surface area contributed by atoms with Crippen LogP contribution in [-0.2, 0) is 11.3 Å². The van der Waals surface area contributed by atoms with E-state index >= 15 is 0 Å². The fraction of sp³-hybridized carbons (Fsp3) is 0.360. The number of benzene rings is 2. The van der Waals surface area contributed by atoms with Gasteiger partial charge in [-0.25, -0.2) is 22.4 Å². The third kappa shape index (κ3) is 8.73. The molecule has 0 spiro atoms. The van der Waals surface area contributed by atoms with Gasteiger partial charge in [0.2, 0.25) is 0 Å². The lowest BCUT2D eigenvalue weighted by molar-refractivity contribution is -0.0104. The monoisotopic (exact) mass is 543 g/mol. The van der Waals surface area contributed by atoms with E-state index in [1.807, 2.05) is 0 Å². The first-order chi connectivity index (χ1) is 17.4. The summed E-state index contributed by atoms with van der Waals surface area (Å²) < 4.78 is 64.6. The van der Waals surface area contributed by atoms with E-state index in [1.165, 1.54) is 55.1 Å². The maximum atomic E-state index is 13.9. The highest BCUT2D eigenvalue weighted by atomic mass is 35.5. The van der Waals surface area contributed by atoms with Gasteiger partial charge in [-0.05, 0) is 44.0 Å². The number of alkyl halides is 2. The molecule has 0 aliphatic heterocycles. The van der Waals surface area contributed by atoms with Crippen LogP contribution in [0.5, 0.6) is 0 Å². The summed E-state index contributed by atoms with van der Waals surface area (Å²) in [5, 5.41) is 16.2. The molecule has 0 unspecified atom stereocenters. The van der Waals surface area contributed by atoms with Gasteiger partial charge in [0, 0.05) is 24.2 Å². The van der Waals surface area contributed by atoms with Crippen LogP contribution in [0.4, 0.5) is 28.2 Å². The predicted molar refractivity (Wildman–Crippen MR) is 129 cm³/mol. The summed E-state index contributed by atoms with van der Waals surface area (Å²) in [6.45, 7) is 1.67. The van der Waals surface area contributed by atoms with Crippen LogP contribution < -0.4 is 5.32 Å². The minimum absolute atomic E-state index is 0.0146. The van der Waals surface area contributed by atoms with Gasteiger partial charge in [0.1, 0.15) is 18.2 Å². The Morgan fingerprint density at radius 2 is 1.95 bits per heavy atom. The van der Waals surface area contributed by atoms with Crippen LogP contribution in [0.25, 0.3) is 11.3 Å².